The number of fused-ring (bicyclic) bond motifs is 1. The van der Waals surface area contributed by atoms with Crippen LogP contribution in [0.5, 0.6) is 5.75 Å². The van der Waals surface area contributed by atoms with E-state index in [1.54, 1.807) is 17.4 Å². The zero-order valence-electron chi connectivity index (χ0n) is 13.4. The van der Waals surface area contributed by atoms with Gasteiger partial charge in [0.15, 0.2) is 0 Å². The average molecular weight is 353 g/mol. The van der Waals surface area contributed by atoms with Crippen molar-refractivity contribution in [1.29, 1.82) is 0 Å². The summed E-state index contributed by atoms with van der Waals surface area (Å²) < 4.78 is 19.1. The highest BCUT2D eigenvalue weighted by Crippen LogP contribution is 2.41. The van der Waals surface area contributed by atoms with Gasteiger partial charge in [-0.3, -0.25) is 4.79 Å². The Labute approximate surface area is 149 Å². The molecule has 25 heavy (non-hydrogen) atoms. The average Bonchev–Trinajstić information content (AvgIpc) is 3.08. The summed E-state index contributed by atoms with van der Waals surface area (Å²) in [6.45, 7) is 0.302. The molecule has 3 nitrogen and oxygen atoms in total. The summed E-state index contributed by atoms with van der Waals surface area (Å²) in [5, 5.41) is 4.90. The number of rotatable bonds is 4. The van der Waals surface area contributed by atoms with Crippen molar-refractivity contribution in [1.82, 2.24) is 0 Å². The van der Waals surface area contributed by atoms with E-state index in [0.717, 1.165) is 16.8 Å². The number of carbonyl (C=O) groups excluding carboxylic acids is 1. The molecule has 1 N–H and O–H groups in total. The standard InChI is InChI=1S/C20H16FNO2S/c21-15-5-1-3-13(9-15)12-24-16-6-2-4-14(10-16)17-11-19(23)22-18-7-8-25-20(17)18/h1-10,17H,11-12H2,(H,22,23)/t17-/m0/s1. The van der Waals surface area contributed by atoms with Gasteiger partial charge in [-0.05, 0) is 46.8 Å². The summed E-state index contributed by atoms with van der Waals surface area (Å²) >= 11 is 1.65. The minimum Gasteiger partial charge on any atom is -0.489 e. The molecule has 1 aromatic heterocycles. The number of thiophene rings is 1. The van der Waals surface area contributed by atoms with Gasteiger partial charge >= 0.3 is 0 Å². The molecule has 2 aromatic carbocycles. The largest absolute Gasteiger partial charge is 0.489 e. The second-order valence-corrected chi connectivity index (χ2v) is 6.94. The Balaban J connectivity index is 1.55. The molecule has 0 bridgehead atoms. The fraction of sp³-hybridized carbons (Fsp3) is 0.150. The number of hydrogen-bond acceptors (Lipinski definition) is 3. The number of hydrogen-bond donors (Lipinski definition) is 1. The number of amides is 1. The molecule has 0 saturated carbocycles. The fourth-order valence-electron chi connectivity index (χ4n) is 3.06. The van der Waals surface area contributed by atoms with Crippen LogP contribution in [0, 0.1) is 5.82 Å². The van der Waals surface area contributed by atoms with E-state index in [2.05, 4.69) is 5.32 Å². The van der Waals surface area contributed by atoms with Crippen molar-refractivity contribution in [2.75, 3.05) is 5.32 Å². The molecule has 1 aliphatic rings. The Morgan fingerprint density at radius 1 is 1.16 bits per heavy atom. The summed E-state index contributed by atoms with van der Waals surface area (Å²) in [6, 6.07) is 16.1. The van der Waals surface area contributed by atoms with Crippen molar-refractivity contribution in [2.45, 2.75) is 18.9 Å². The van der Waals surface area contributed by atoms with Crippen LogP contribution in [0.4, 0.5) is 10.1 Å². The lowest BCUT2D eigenvalue weighted by molar-refractivity contribution is -0.116. The Morgan fingerprint density at radius 2 is 2.04 bits per heavy atom. The van der Waals surface area contributed by atoms with Gasteiger partial charge < -0.3 is 10.1 Å². The van der Waals surface area contributed by atoms with E-state index in [4.69, 9.17) is 4.74 Å². The van der Waals surface area contributed by atoms with Crippen LogP contribution in [0.2, 0.25) is 0 Å². The van der Waals surface area contributed by atoms with E-state index < -0.39 is 0 Å². The molecule has 4 rings (SSSR count). The highest BCUT2D eigenvalue weighted by atomic mass is 32.1. The molecule has 0 radical (unpaired) electrons. The monoisotopic (exact) mass is 353 g/mol. The smallest absolute Gasteiger partial charge is 0.225 e. The lowest BCUT2D eigenvalue weighted by Gasteiger charge is -2.23. The van der Waals surface area contributed by atoms with E-state index in [0.29, 0.717) is 18.8 Å². The second kappa shape index (κ2) is 6.69. The predicted molar refractivity (Wildman–Crippen MR) is 96.6 cm³/mol. The molecule has 0 saturated heterocycles. The van der Waals surface area contributed by atoms with E-state index in [1.165, 1.54) is 17.0 Å². The minimum absolute atomic E-state index is 0.0296. The first-order valence-corrected chi connectivity index (χ1v) is 8.91. The molecule has 0 aliphatic carbocycles. The third-order valence-corrected chi connectivity index (χ3v) is 5.26. The summed E-state index contributed by atoms with van der Waals surface area (Å²) in [5.41, 5.74) is 2.73. The molecule has 5 heteroatoms. The Kier molecular flexibility index (Phi) is 4.24. The van der Waals surface area contributed by atoms with Gasteiger partial charge in [-0.15, -0.1) is 11.3 Å². The van der Waals surface area contributed by atoms with Crippen LogP contribution in [0.3, 0.4) is 0 Å². The van der Waals surface area contributed by atoms with Crippen molar-refractivity contribution >= 4 is 22.9 Å². The summed E-state index contributed by atoms with van der Waals surface area (Å²) in [6.07, 6.45) is 0.431. The van der Waals surface area contributed by atoms with Gasteiger partial charge in [0.05, 0.1) is 5.69 Å². The number of halogens is 1. The number of ether oxygens (including phenoxy) is 1. The number of carbonyl (C=O) groups is 1. The first-order valence-electron chi connectivity index (χ1n) is 8.03. The Hall–Kier alpha value is -2.66. The van der Waals surface area contributed by atoms with Gasteiger partial charge in [-0.1, -0.05) is 24.3 Å². The molecule has 1 aliphatic heterocycles. The van der Waals surface area contributed by atoms with Crippen molar-refractivity contribution in [3.05, 3.63) is 81.8 Å². The van der Waals surface area contributed by atoms with Crippen LogP contribution in [-0.2, 0) is 11.4 Å². The Morgan fingerprint density at radius 3 is 2.92 bits per heavy atom. The van der Waals surface area contributed by atoms with Gasteiger partial charge in [-0.25, -0.2) is 4.39 Å². The number of anilines is 1. The van der Waals surface area contributed by atoms with Crippen LogP contribution in [0.1, 0.15) is 28.3 Å². The summed E-state index contributed by atoms with van der Waals surface area (Å²) in [5.74, 6) is 0.516. The Bertz CT molecular complexity index is 921. The normalized spacial score (nSPS) is 16.2. The van der Waals surface area contributed by atoms with E-state index in [9.17, 15) is 9.18 Å². The van der Waals surface area contributed by atoms with E-state index in [1.807, 2.05) is 41.8 Å². The zero-order valence-corrected chi connectivity index (χ0v) is 14.2. The summed E-state index contributed by atoms with van der Waals surface area (Å²) in [7, 11) is 0. The van der Waals surface area contributed by atoms with Crippen molar-refractivity contribution in [2.24, 2.45) is 0 Å². The van der Waals surface area contributed by atoms with Crippen LogP contribution >= 0.6 is 11.3 Å². The summed E-state index contributed by atoms with van der Waals surface area (Å²) in [4.78, 5) is 13.1. The molecule has 0 fully saturated rings. The van der Waals surface area contributed by atoms with Crippen LogP contribution < -0.4 is 10.1 Å². The SMILES string of the molecule is O=C1C[C@@H](c2cccc(OCc3cccc(F)c3)c2)c2sccc2N1. The van der Waals surface area contributed by atoms with Gasteiger partial charge in [-0.2, -0.15) is 0 Å². The molecule has 126 valence electrons. The molecular formula is C20H16FNO2S. The lowest BCUT2D eigenvalue weighted by atomic mass is 9.90. The van der Waals surface area contributed by atoms with Crippen LogP contribution in [-0.4, -0.2) is 5.91 Å². The fourth-order valence-corrected chi connectivity index (χ4v) is 4.04. The quantitative estimate of drug-likeness (QED) is 0.721. The molecule has 0 spiro atoms. The van der Waals surface area contributed by atoms with Gasteiger partial charge in [0.25, 0.3) is 0 Å². The topological polar surface area (TPSA) is 38.3 Å². The molecule has 3 aromatic rings. The first kappa shape index (κ1) is 15.8. The van der Waals surface area contributed by atoms with Gasteiger partial charge in [0.1, 0.15) is 18.2 Å². The third-order valence-electron chi connectivity index (χ3n) is 4.23. The molecule has 2 heterocycles. The molecule has 1 atom stereocenters. The highest BCUT2D eigenvalue weighted by Gasteiger charge is 2.27. The van der Waals surface area contributed by atoms with E-state index >= 15 is 0 Å². The maximum atomic E-state index is 13.3. The van der Waals surface area contributed by atoms with Gasteiger partial charge in [0.2, 0.25) is 5.91 Å². The van der Waals surface area contributed by atoms with Crippen LogP contribution in [0.25, 0.3) is 0 Å². The van der Waals surface area contributed by atoms with Crippen LogP contribution in [0.15, 0.2) is 60.0 Å². The maximum Gasteiger partial charge on any atom is 0.225 e. The predicted octanol–water partition coefficient (Wildman–Crippen LogP) is 4.94. The third kappa shape index (κ3) is 3.42. The molecular weight excluding hydrogens is 337 g/mol. The van der Waals surface area contributed by atoms with Crippen molar-refractivity contribution < 1.29 is 13.9 Å². The molecule has 0 unspecified atom stereocenters. The second-order valence-electron chi connectivity index (χ2n) is 5.99. The van der Waals surface area contributed by atoms with Crippen molar-refractivity contribution in [3.8, 4) is 5.75 Å². The van der Waals surface area contributed by atoms with E-state index in [-0.39, 0.29) is 17.6 Å². The number of benzene rings is 2. The molecule has 1 amide bonds. The van der Waals surface area contributed by atoms with Gasteiger partial charge in [0, 0.05) is 17.2 Å². The lowest BCUT2D eigenvalue weighted by Crippen LogP contribution is -2.21. The zero-order chi connectivity index (χ0) is 17.2. The number of nitrogens with one attached hydrogen (secondary N) is 1. The van der Waals surface area contributed by atoms with Crippen molar-refractivity contribution in [3.63, 3.8) is 0 Å². The maximum absolute atomic E-state index is 13.3. The first-order chi connectivity index (χ1) is 12.2. The highest BCUT2D eigenvalue weighted by molar-refractivity contribution is 7.10. The minimum atomic E-state index is -0.270.